The zero-order valence-corrected chi connectivity index (χ0v) is 14.4. The third kappa shape index (κ3) is 4.45. The summed E-state index contributed by atoms with van der Waals surface area (Å²) in [6, 6.07) is -1.08. The zero-order chi connectivity index (χ0) is 21.3. The van der Waals surface area contributed by atoms with Gasteiger partial charge in [-0.2, -0.15) is 0 Å². The number of halogens is 3. The maximum atomic E-state index is 14.8. The van der Waals surface area contributed by atoms with Crippen molar-refractivity contribution in [3.05, 3.63) is 59.3 Å². The molecule has 0 spiro atoms. The molecule has 1 saturated carbocycles. The standard InChI is InChI=1S/C22H25F3/c1-2-15-3-5-16(6-4-15)7-8-17-13-20(24)22(21(25)14-17)18-9-11-19(23)12-10-18/h9-16H,2-8H2,1H3/i9D,10D,11D,12D. The van der Waals surface area contributed by atoms with Crippen molar-refractivity contribution < 1.29 is 18.7 Å². The molecule has 0 bridgehead atoms. The molecule has 25 heavy (non-hydrogen) atoms. The molecule has 0 aromatic heterocycles. The van der Waals surface area contributed by atoms with E-state index >= 15 is 0 Å². The first-order valence-corrected chi connectivity index (χ1v) is 8.98. The fraction of sp³-hybridized carbons (Fsp3) is 0.455. The minimum Gasteiger partial charge on any atom is -0.207 e. The third-order valence-corrected chi connectivity index (χ3v) is 5.33. The minimum atomic E-state index is -1.33. The summed E-state index contributed by atoms with van der Waals surface area (Å²) in [5.41, 5.74) is -0.700. The summed E-state index contributed by atoms with van der Waals surface area (Å²) in [6.45, 7) is 2.21. The topological polar surface area (TPSA) is 0 Å². The summed E-state index contributed by atoms with van der Waals surface area (Å²) < 4.78 is 74.0. The van der Waals surface area contributed by atoms with Gasteiger partial charge >= 0.3 is 0 Å². The predicted molar refractivity (Wildman–Crippen MR) is 95.8 cm³/mol. The van der Waals surface area contributed by atoms with Gasteiger partial charge in [-0.3, -0.25) is 0 Å². The SMILES string of the molecule is [2H]c1c([2H])c(-c2c(F)cc(CCC3CCC(CC)CC3)cc2F)c([2H])c([2H])c1F. The van der Waals surface area contributed by atoms with E-state index in [0.29, 0.717) is 17.9 Å². The van der Waals surface area contributed by atoms with Crippen LogP contribution in [-0.2, 0) is 6.42 Å². The van der Waals surface area contributed by atoms with Gasteiger partial charge in [0.25, 0.3) is 0 Å². The highest BCUT2D eigenvalue weighted by Crippen LogP contribution is 2.34. The highest BCUT2D eigenvalue weighted by atomic mass is 19.1. The molecule has 134 valence electrons. The first-order chi connectivity index (χ1) is 13.7. The zero-order valence-electron chi connectivity index (χ0n) is 18.4. The third-order valence-electron chi connectivity index (χ3n) is 5.33. The molecule has 0 radical (unpaired) electrons. The van der Waals surface area contributed by atoms with Crippen molar-refractivity contribution in [2.24, 2.45) is 11.8 Å². The number of hydrogen-bond donors (Lipinski definition) is 0. The summed E-state index contributed by atoms with van der Waals surface area (Å²) in [5.74, 6) is -1.90. The van der Waals surface area contributed by atoms with Gasteiger partial charge in [0, 0.05) is 0 Å². The van der Waals surface area contributed by atoms with E-state index in [4.69, 9.17) is 5.48 Å². The lowest BCUT2D eigenvalue weighted by Crippen LogP contribution is -2.14. The van der Waals surface area contributed by atoms with Crippen molar-refractivity contribution in [2.75, 3.05) is 0 Å². The molecule has 0 heterocycles. The fourth-order valence-electron chi connectivity index (χ4n) is 3.73. The normalized spacial score (nSPS) is 22.9. The van der Waals surface area contributed by atoms with Gasteiger partial charge in [0.1, 0.15) is 17.5 Å². The van der Waals surface area contributed by atoms with E-state index in [1.807, 2.05) is 0 Å². The van der Waals surface area contributed by atoms with Gasteiger partial charge in [0.15, 0.2) is 0 Å². The van der Waals surface area contributed by atoms with Crippen LogP contribution in [0.5, 0.6) is 0 Å². The Morgan fingerprint density at radius 1 is 0.920 bits per heavy atom. The van der Waals surface area contributed by atoms with Crippen molar-refractivity contribution in [3.63, 3.8) is 0 Å². The Bertz CT molecular complexity index is 853. The maximum Gasteiger partial charge on any atom is 0.134 e. The molecule has 0 saturated heterocycles. The van der Waals surface area contributed by atoms with Crippen molar-refractivity contribution in [2.45, 2.75) is 51.9 Å². The summed E-state index contributed by atoms with van der Waals surface area (Å²) in [4.78, 5) is 0. The Morgan fingerprint density at radius 3 is 2.04 bits per heavy atom. The summed E-state index contributed by atoms with van der Waals surface area (Å²) in [6.07, 6.45) is 7.28. The van der Waals surface area contributed by atoms with Crippen LogP contribution in [0.4, 0.5) is 13.2 Å². The van der Waals surface area contributed by atoms with E-state index < -0.39 is 52.7 Å². The van der Waals surface area contributed by atoms with E-state index in [9.17, 15) is 13.2 Å². The van der Waals surface area contributed by atoms with E-state index in [1.165, 1.54) is 31.4 Å². The molecule has 2 aromatic carbocycles. The van der Waals surface area contributed by atoms with Crippen LogP contribution in [0.1, 0.15) is 56.5 Å². The van der Waals surface area contributed by atoms with Crippen LogP contribution >= 0.6 is 0 Å². The Morgan fingerprint density at radius 2 is 1.48 bits per heavy atom. The Balaban J connectivity index is 1.84. The summed E-state index contributed by atoms with van der Waals surface area (Å²) >= 11 is 0. The molecular formula is C22H25F3. The van der Waals surface area contributed by atoms with Crippen LogP contribution in [-0.4, -0.2) is 0 Å². The quantitative estimate of drug-likeness (QED) is 0.549. The van der Waals surface area contributed by atoms with E-state index in [2.05, 4.69) is 6.92 Å². The largest absolute Gasteiger partial charge is 0.207 e. The van der Waals surface area contributed by atoms with Crippen molar-refractivity contribution in [3.8, 4) is 11.1 Å². The average molecular weight is 350 g/mol. The highest BCUT2D eigenvalue weighted by molar-refractivity contribution is 5.65. The van der Waals surface area contributed by atoms with Crippen molar-refractivity contribution >= 4 is 0 Å². The molecule has 0 aliphatic heterocycles. The fourth-order valence-corrected chi connectivity index (χ4v) is 3.73. The van der Waals surface area contributed by atoms with Crippen molar-refractivity contribution in [1.82, 2.24) is 0 Å². The second-order valence-electron chi connectivity index (χ2n) is 6.96. The monoisotopic (exact) mass is 350 g/mol. The van der Waals surface area contributed by atoms with Crippen LogP contribution in [0.2, 0.25) is 0 Å². The minimum absolute atomic E-state index is 0.499. The number of hydrogen-bond acceptors (Lipinski definition) is 0. The number of aryl methyl sites for hydroxylation is 1. The molecule has 3 rings (SSSR count). The second-order valence-corrected chi connectivity index (χ2v) is 6.96. The molecule has 0 amide bonds. The first-order valence-electron chi connectivity index (χ1n) is 11.0. The lowest BCUT2D eigenvalue weighted by molar-refractivity contribution is 0.258. The number of rotatable bonds is 5. The predicted octanol–water partition coefficient (Wildman–Crippen LogP) is 6.92. The molecular weight excluding hydrogens is 321 g/mol. The van der Waals surface area contributed by atoms with Crippen molar-refractivity contribution in [1.29, 1.82) is 0 Å². The van der Waals surface area contributed by atoms with Gasteiger partial charge in [-0.1, -0.05) is 51.1 Å². The van der Waals surface area contributed by atoms with E-state index in [0.717, 1.165) is 25.2 Å². The number of benzene rings is 2. The van der Waals surface area contributed by atoms with Gasteiger partial charge in [0.05, 0.1) is 11.0 Å². The molecule has 0 N–H and O–H groups in total. The van der Waals surface area contributed by atoms with E-state index in [1.54, 1.807) is 0 Å². The molecule has 1 fully saturated rings. The Labute approximate surface area is 153 Å². The molecule has 3 heteroatoms. The molecule has 1 aliphatic carbocycles. The van der Waals surface area contributed by atoms with E-state index in [-0.39, 0.29) is 0 Å². The maximum absolute atomic E-state index is 14.8. The van der Waals surface area contributed by atoms with Gasteiger partial charge < -0.3 is 0 Å². The summed E-state index contributed by atoms with van der Waals surface area (Å²) in [7, 11) is 0. The lowest BCUT2D eigenvalue weighted by atomic mass is 9.78. The summed E-state index contributed by atoms with van der Waals surface area (Å²) in [5, 5.41) is 0. The van der Waals surface area contributed by atoms with Gasteiger partial charge in [-0.05, 0) is 60.0 Å². The smallest absolute Gasteiger partial charge is 0.134 e. The first kappa shape index (κ1) is 13.4. The molecule has 0 unspecified atom stereocenters. The molecule has 1 aliphatic rings. The van der Waals surface area contributed by atoms with Crippen LogP contribution in [0, 0.1) is 29.3 Å². The van der Waals surface area contributed by atoms with Crippen LogP contribution in [0.3, 0.4) is 0 Å². The van der Waals surface area contributed by atoms with Crippen LogP contribution < -0.4 is 0 Å². The second kappa shape index (κ2) is 8.07. The Kier molecular flexibility index (Phi) is 4.34. The average Bonchev–Trinajstić information content (AvgIpc) is 2.71. The lowest BCUT2D eigenvalue weighted by Gasteiger charge is -2.27. The van der Waals surface area contributed by atoms with Gasteiger partial charge in [-0.25, -0.2) is 13.2 Å². The van der Waals surface area contributed by atoms with Gasteiger partial charge in [-0.15, -0.1) is 0 Å². The van der Waals surface area contributed by atoms with Gasteiger partial charge in [0.2, 0.25) is 0 Å². The Hall–Kier alpha value is -1.77. The molecule has 0 atom stereocenters. The molecule has 0 nitrogen and oxygen atoms in total. The highest BCUT2D eigenvalue weighted by Gasteiger charge is 2.20. The van der Waals surface area contributed by atoms with Crippen LogP contribution in [0.15, 0.2) is 36.3 Å². The molecule has 2 aromatic rings. The van der Waals surface area contributed by atoms with Crippen LogP contribution in [0.25, 0.3) is 11.1 Å².